The molecule has 1 N–H and O–H groups in total. The Morgan fingerprint density at radius 2 is 1.57 bits per heavy atom. The highest BCUT2D eigenvalue weighted by Crippen LogP contribution is 2.36. The maximum Gasteiger partial charge on any atom is 0.162 e. The van der Waals surface area contributed by atoms with Gasteiger partial charge in [0.15, 0.2) is 11.5 Å². The van der Waals surface area contributed by atoms with Gasteiger partial charge in [-0.15, -0.1) is 0 Å². The molecule has 0 fully saturated rings. The average Bonchev–Trinajstić information content (AvgIpc) is 2.47. The van der Waals surface area contributed by atoms with Crippen LogP contribution in [0.25, 0.3) is 0 Å². The molecule has 2 aromatic rings. The summed E-state index contributed by atoms with van der Waals surface area (Å²) < 4.78 is 10.5. The van der Waals surface area contributed by atoms with Gasteiger partial charge in [0, 0.05) is 18.7 Å². The molecule has 0 aliphatic rings. The Kier molecular flexibility index (Phi) is 4.97. The van der Waals surface area contributed by atoms with Gasteiger partial charge in [-0.3, -0.25) is 0 Å². The second-order valence-corrected chi connectivity index (χ2v) is 5.32. The number of hydrogen-bond acceptors (Lipinski definition) is 3. The maximum absolute atomic E-state index is 6.28. The van der Waals surface area contributed by atoms with E-state index in [-0.39, 0.29) is 0 Å². The van der Waals surface area contributed by atoms with E-state index in [1.807, 2.05) is 6.07 Å². The Balaban J connectivity index is 2.24. The normalized spacial score (nSPS) is 10.3. The van der Waals surface area contributed by atoms with Crippen LogP contribution in [0.15, 0.2) is 30.3 Å². The highest BCUT2D eigenvalue weighted by Gasteiger charge is 2.10. The summed E-state index contributed by atoms with van der Waals surface area (Å²) in [6.07, 6.45) is 0. The van der Waals surface area contributed by atoms with Gasteiger partial charge in [-0.05, 0) is 30.5 Å². The first kappa shape index (κ1) is 15.5. The van der Waals surface area contributed by atoms with Gasteiger partial charge in [0.05, 0.1) is 24.9 Å². The third-order valence-electron chi connectivity index (χ3n) is 3.57. The van der Waals surface area contributed by atoms with E-state index < -0.39 is 0 Å². The van der Waals surface area contributed by atoms with Gasteiger partial charge < -0.3 is 14.8 Å². The fourth-order valence-electron chi connectivity index (χ4n) is 2.30. The Morgan fingerprint density at radius 3 is 2.14 bits per heavy atom. The smallest absolute Gasteiger partial charge is 0.162 e. The van der Waals surface area contributed by atoms with E-state index in [9.17, 15) is 0 Å². The lowest BCUT2D eigenvalue weighted by atomic mass is 10.0. The summed E-state index contributed by atoms with van der Waals surface area (Å²) in [5, 5.41) is 3.98. The van der Waals surface area contributed by atoms with Crippen LogP contribution >= 0.6 is 11.6 Å². The number of benzene rings is 2. The summed E-state index contributed by atoms with van der Waals surface area (Å²) in [5.41, 5.74) is 4.64. The van der Waals surface area contributed by atoms with Crippen LogP contribution in [0.4, 0.5) is 5.69 Å². The molecule has 2 aromatic carbocycles. The van der Waals surface area contributed by atoms with Gasteiger partial charge in [-0.1, -0.05) is 29.8 Å². The van der Waals surface area contributed by atoms with Crippen molar-refractivity contribution in [3.05, 3.63) is 52.0 Å². The van der Waals surface area contributed by atoms with Gasteiger partial charge in [0.1, 0.15) is 0 Å². The van der Waals surface area contributed by atoms with Crippen molar-refractivity contribution < 1.29 is 9.47 Å². The maximum atomic E-state index is 6.28. The average molecular weight is 306 g/mol. The quantitative estimate of drug-likeness (QED) is 0.876. The lowest BCUT2D eigenvalue weighted by molar-refractivity contribution is 0.355. The molecule has 0 saturated heterocycles. The molecule has 112 valence electrons. The van der Waals surface area contributed by atoms with E-state index in [2.05, 4.69) is 37.4 Å². The summed E-state index contributed by atoms with van der Waals surface area (Å²) in [4.78, 5) is 0. The summed E-state index contributed by atoms with van der Waals surface area (Å²) in [6.45, 7) is 4.94. The summed E-state index contributed by atoms with van der Waals surface area (Å²) in [5.74, 6) is 1.28. The molecule has 21 heavy (non-hydrogen) atoms. The minimum atomic E-state index is 0.610. The number of halogens is 1. The molecule has 0 heterocycles. The molecule has 3 nitrogen and oxygen atoms in total. The zero-order valence-corrected chi connectivity index (χ0v) is 13.5. The zero-order chi connectivity index (χ0) is 15.4. The van der Waals surface area contributed by atoms with Crippen molar-refractivity contribution in [2.45, 2.75) is 20.4 Å². The number of rotatable bonds is 5. The first-order valence-electron chi connectivity index (χ1n) is 6.77. The number of nitrogens with one attached hydrogen (secondary N) is 1. The second kappa shape index (κ2) is 6.72. The first-order chi connectivity index (χ1) is 10.1. The van der Waals surface area contributed by atoms with Crippen molar-refractivity contribution in [3.63, 3.8) is 0 Å². The van der Waals surface area contributed by atoms with Crippen LogP contribution in [0, 0.1) is 13.8 Å². The molecule has 0 saturated carbocycles. The standard InChI is InChI=1S/C17H20ClNO2/c1-11-6-5-7-12(2)13(11)10-19-15-9-17(21-4)16(20-3)8-14(15)18/h5-9,19H,10H2,1-4H3. The van der Waals surface area contributed by atoms with Crippen molar-refractivity contribution >= 4 is 17.3 Å². The number of aryl methyl sites for hydroxylation is 2. The van der Waals surface area contributed by atoms with Gasteiger partial charge >= 0.3 is 0 Å². The monoisotopic (exact) mass is 305 g/mol. The Hall–Kier alpha value is -1.87. The van der Waals surface area contributed by atoms with Crippen molar-refractivity contribution in [1.29, 1.82) is 0 Å². The molecule has 0 aliphatic carbocycles. The van der Waals surface area contributed by atoms with Crippen LogP contribution in [0.5, 0.6) is 11.5 Å². The molecule has 0 radical (unpaired) electrons. The Labute approximate surface area is 130 Å². The molecule has 0 atom stereocenters. The molecule has 0 aromatic heterocycles. The van der Waals surface area contributed by atoms with Crippen molar-refractivity contribution in [2.24, 2.45) is 0 Å². The van der Waals surface area contributed by atoms with Crippen LogP contribution < -0.4 is 14.8 Å². The first-order valence-corrected chi connectivity index (χ1v) is 7.15. The minimum Gasteiger partial charge on any atom is -0.493 e. The second-order valence-electron chi connectivity index (χ2n) is 4.91. The molecular formula is C17H20ClNO2. The lowest BCUT2D eigenvalue weighted by Gasteiger charge is -2.15. The number of hydrogen-bond donors (Lipinski definition) is 1. The van der Waals surface area contributed by atoms with Gasteiger partial charge in [0.2, 0.25) is 0 Å². The topological polar surface area (TPSA) is 30.5 Å². The van der Waals surface area contributed by atoms with Crippen molar-refractivity contribution in [2.75, 3.05) is 19.5 Å². The molecule has 0 aliphatic heterocycles. The number of ether oxygens (including phenoxy) is 2. The van der Waals surface area contributed by atoms with E-state index in [1.165, 1.54) is 16.7 Å². The Bertz CT molecular complexity index is 621. The van der Waals surface area contributed by atoms with Crippen LogP contribution in [-0.2, 0) is 6.54 Å². The summed E-state index contributed by atoms with van der Waals surface area (Å²) in [7, 11) is 3.21. The van der Waals surface area contributed by atoms with Crippen molar-refractivity contribution in [1.82, 2.24) is 0 Å². The Morgan fingerprint density at radius 1 is 1.00 bits per heavy atom. The lowest BCUT2D eigenvalue weighted by Crippen LogP contribution is -2.04. The van der Waals surface area contributed by atoms with Gasteiger partial charge in [0.25, 0.3) is 0 Å². The van der Waals surface area contributed by atoms with Crippen LogP contribution in [0.3, 0.4) is 0 Å². The molecule has 0 amide bonds. The van der Waals surface area contributed by atoms with Crippen LogP contribution in [0.2, 0.25) is 5.02 Å². The van der Waals surface area contributed by atoms with Gasteiger partial charge in [-0.25, -0.2) is 0 Å². The van der Waals surface area contributed by atoms with E-state index in [4.69, 9.17) is 21.1 Å². The van der Waals surface area contributed by atoms with E-state index >= 15 is 0 Å². The fourth-order valence-corrected chi connectivity index (χ4v) is 2.52. The van der Waals surface area contributed by atoms with Crippen LogP contribution in [-0.4, -0.2) is 14.2 Å². The molecule has 4 heteroatoms. The largest absolute Gasteiger partial charge is 0.493 e. The predicted molar refractivity (Wildman–Crippen MR) is 87.8 cm³/mol. The summed E-state index contributed by atoms with van der Waals surface area (Å²) >= 11 is 6.28. The molecular weight excluding hydrogens is 286 g/mol. The summed E-state index contributed by atoms with van der Waals surface area (Å²) in [6, 6.07) is 9.90. The minimum absolute atomic E-state index is 0.610. The van der Waals surface area contributed by atoms with Crippen LogP contribution in [0.1, 0.15) is 16.7 Å². The third kappa shape index (κ3) is 3.42. The SMILES string of the molecule is COc1cc(Cl)c(NCc2c(C)cccc2C)cc1OC. The van der Waals surface area contributed by atoms with E-state index in [0.29, 0.717) is 23.1 Å². The van der Waals surface area contributed by atoms with Crippen molar-refractivity contribution in [3.8, 4) is 11.5 Å². The molecule has 0 spiro atoms. The molecule has 0 bridgehead atoms. The van der Waals surface area contributed by atoms with E-state index in [0.717, 1.165) is 5.69 Å². The zero-order valence-electron chi connectivity index (χ0n) is 12.8. The number of methoxy groups -OCH3 is 2. The third-order valence-corrected chi connectivity index (χ3v) is 3.89. The fraction of sp³-hybridized carbons (Fsp3) is 0.294. The number of anilines is 1. The van der Waals surface area contributed by atoms with E-state index in [1.54, 1.807) is 20.3 Å². The highest BCUT2D eigenvalue weighted by atomic mass is 35.5. The molecule has 0 unspecified atom stereocenters. The molecule has 2 rings (SSSR count). The van der Waals surface area contributed by atoms with Gasteiger partial charge in [-0.2, -0.15) is 0 Å². The predicted octanol–water partition coefficient (Wildman–Crippen LogP) is 4.59. The highest BCUT2D eigenvalue weighted by molar-refractivity contribution is 6.33.